The van der Waals surface area contributed by atoms with E-state index in [4.69, 9.17) is 0 Å². The Morgan fingerprint density at radius 3 is 1.61 bits per heavy atom. The lowest BCUT2D eigenvalue weighted by molar-refractivity contribution is -0.129. The average Bonchev–Trinajstić information content (AvgIpc) is 2.64. The van der Waals surface area contributed by atoms with Gasteiger partial charge in [0.05, 0.1) is 0 Å². The maximum Gasteiger partial charge on any atom is 0.220 e. The first-order chi connectivity index (χ1) is 13.2. The first-order valence-electron chi connectivity index (χ1n) is 8.36. The average molecular weight is 389 g/mol. The lowest BCUT2D eigenvalue weighted by Gasteiger charge is -2.29. The Labute approximate surface area is 158 Å². The second kappa shape index (κ2) is 7.80. The molecule has 0 spiro atoms. The zero-order chi connectivity index (χ0) is 20.4. The van der Waals surface area contributed by atoms with Gasteiger partial charge >= 0.3 is 0 Å². The van der Waals surface area contributed by atoms with Crippen LogP contribution in [0.15, 0.2) is 47.5 Å². The van der Waals surface area contributed by atoms with Crippen LogP contribution in [0.25, 0.3) is 12.2 Å². The van der Waals surface area contributed by atoms with Gasteiger partial charge in [0, 0.05) is 31.2 Å². The summed E-state index contributed by atoms with van der Waals surface area (Å²) in [5, 5.41) is 0. The van der Waals surface area contributed by atoms with Crippen molar-refractivity contribution in [3.05, 3.63) is 81.9 Å². The van der Waals surface area contributed by atoms with Crippen LogP contribution in [0.5, 0.6) is 0 Å². The number of rotatable bonds is 2. The number of carbonyl (C=O) groups excluding carboxylic acids is 2. The van der Waals surface area contributed by atoms with Gasteiger partial charge in [-0.25, -0.2) is 17.6 Å². The molecule has 0 aromatic heterocycles. The SMILES string of the molecule is CC(=O)N1C/C(=C/c2ccc(F)c(F)c2)C(=O)/C(=C\c2ccc(F)c(F)c2)C1. The van der Waals surface area contributed by atoms with Crippen LogP contribution in [0.2, 0.25) is 0 Å². The number of hydrogen-bond donors (Lipinski definition) is 0. The second-order valence-electron chi connectivity index (χ2n) is 6.39. The molecule has 3 rings (SSSR count). The molecular weight excluding hydrogens is 374 g/mol. The van der Waals surface area contributed by atoms with E-state index < -0.39 is 29.1 Å². The van der Waals surface area contributed by atoms with Crippen LogP contribution in [0.1, 0.15) is 18.1 Å². The van der Waals surface area contributed by atoms with Crippen molar-refractivity contribution in [3.8, 4) is 0 Å². The normalized spacial score (nSPS) is 17.5. The van der Waals surface area contributed by atoms with Crippen molar-refractivity contribution in [1.82, 2.24) is 4.90 Å². The molecule has 1 aliphatic rings. The fourth-order valence-corrected chi connectivity index (χ4v) is 2.87. The number of Topliss-reactive ketones (excluding diaryl/α,β-unsaturated/α-hetero) is 1. The molecule has 0 radical (unpaired) electrons. The van der Waals surface area contributed by atoms with E-state index in [-0.39, 0.29) is 41.3 Å². The van der Waals surface area contributed by atoms with Gasteiger partial charge in [-0.05, 0) is 47.5 Å². The van der Waals surface area contributed by atoms with Gasteiger partial charge < -0.3 is 4.90 Å². The third kappa shape index (κ3) is 4.19. The Morgan fingerprint density at radius 1 is 0.821 bits per heavy atom. The van der Waals surface area contributed by atoms with Gasteiger partial charge in [-0.1, -0.05) is 12.1 Å². The van der Waals surface area contributed by atoms with Crippen LogP contribution in [0.3, 0.4) is 0 Å². The van der Waals surface area contributed by atoms with E-state index in [0.717, 1.165) is 24.3 Å². The molecule has 2 aromatic carbocycles. The molecule has 7 heteroatoms. The van der Waals surface area contributed by atoms with Crippen molar-refractivity contribution in [3.63, 3.8) is 0 Å². The molecule has 0 saturated carbocycles. The monoisotopic (exact) mass is 389 g/mol. The fourth-order valence-electron chi connectivity index (χ4n) is 2.87. The lowest BCUT2D eigenvalue weighted by atomic mass is 9.94. The number of nitrogens with zero attached hydrogens (tertiary/aromatic N) is 1. The quantitative estimate of drug-likeness (QED) is 0.572. The molecule has 1 fully saturated rings. The van der Waals surface area contributed by atoms with Gasteiger partial charge in [-0.3, -0.25) is 9.59 Å². The minimum atomic E-state index is -1.06. The van der Waals surface area contributed by atoms with Crippen LogP contribution < -0.4 is 0 Å². The van der Waals surface area contributed by atoms with Crippen molar-refractivity contribution >= 4 is 23.8 Å². The van der Waals surface area contributed by atoms with Crippen LogP contribution in [0.4, 0.5) is 17.6 Å². The molecule has 2 aromatic rings. The molecule has 1 saturated heterocycles. The summed E-state index contributed by atoms with van der Waals surface area (Å²) in [4.78, 5) is 26.0. The van der Waals surface area contributed by atoms with E-state index in [9.17, 15) is 27.2 Å². The number of benzene rings is 2. The fraction of sp³-hybridized carbons (Fsp3) is 0.143. The first kappa shape index (κ1) is 19.5. The van der Waals surface area contributed by atoms with Gasteiger partial charge in [0.25, 0.3) is 0 Å². The minimum absolute atomic E-state index is 0.00226. The summed E-state index contributed by atoms with van der Waals surface area (Å²) in [6.45, 7) is 1.34. The topological polar surface area (TPSA) is 37.4 Å². The molecule has 1 amide bonds. The zero-order valence-corrected chi connectivity index (χ0v) is 14.8. The summed E-state index contributed by atoms with van der Waals surface area (Å²) < 4.78 is 53.1. The molecule has 0 atom stereocenters. The summed E-state index contributed by atoms with van der Waals surface area (Å²) in [7, 11) is 0. The molecule has 0 unspecified atom stereocenters. The van der Waals surface area contributed by atoms with E-state index in [2.05, 4.69) is 0 Å². The Hall–Kier alpha value is -3.22. The molecule has 0 aliphatic carbocycles. The van der Waals surface area contributed by atoms with Gasteiger partial charge in [0.15, 0.2) is 29.1 Å². The zero-order valence-electron chi connectivity index (χ0n) is 14.8. The largest absolute Gasteiger partial charge is 0.334 e. The van der Waals surface area contributed by atoms with Crippen LogP contribution >= 0.6 is 0 Å². The van der Waals surface area contributed by atoms with E-state index in [1.165, 1.54) is 36.1 Å². The van der Waals surface area contributed by atoms with Crippen molar-refractivity contribution in [2.75, 3.05) is 13.1 Å². The summed E-state index contributed by atoms with van der Waals surface area (Å²) in [5.74, 6) is -4.84. The summed E-state index contributed by atoms with van der Waals surface area (Å²) in [6.07, 6.45) is 2.75. The van der Waals surface area contributed by atoms with Crippen molar-refractivity contribution in [1.29, 1.82) is 0 Å². The number of likely N-dealkylation sites (tertiary alicyclic amines) is 1. The predicted octanol–water partition coefficient (Wildman–Crippen LogP) is 4.14. The van der Waals surface area contributed by atoms with Crippen molar-refractivity contribution in [2.45, 2.75) is 6.92 Å². The molecule has 0 bridgehead atoms. The molecular formula is C21H15F4NO2. The smallest absolute Gasteiger partial charge is 0.220 e. The van der Waals surface area contributed by atoms with E-state index in [0.29, 0.717) is 0 Å². The third-order valence-corrected chi connectivity index (χ3v) is 4.32. The van der Waals surface area contributed by atoms with Gasteiger partial charge in [0.2, 0.25) is 5.91 Å². The molecule has 1 aliphatic heterocycles. The van der Waals surface area contributed by atoms with Crippen LogP contribution in [0, 0.1) is 23.3 Å². The minimum Gasteiger partial charge on any atom is -0.334 e. The Bertz CT molecular complexity index is 954. The number of amides is 1. The highest BCUT2D eigenvalue weighted by Crippen LogP contribution is 2.23. The standard InChI is InChI=1S/C21H15F4NO2/c1-12(27)26-10-15(6-13-2-4-17(22)19(24)8-13)21(28)16(11-26)7-14-3-5-18(23)20(25)9-14/h2-9H,10-11H2,1H3/b15-6-,16-7-. The van der Waals surface area contributed by atoms with E-state index in [1.807, 2.05) is 0 Å². The van der Waals surface area contributed by atoms with Gasteiger partial charge in [-0.2, -0.15) is 0 Å². The van der Waals surface area contributed by atoms with E-state index >= 15 is 0 Å². The number of piperidine rings is 1. The van der Waals surface area contributed by atoms with Crippen LogP contribution in [-0.4, -0.2) is 29.7 Å². The molecule has 3 nitrogen and oxygen atoms in total. The highest BCUT2D eigenvalue weighted by atomic mass is 19.2. The van der Waals surface area contributed by atoms with Crippen molar-refractivity contribution < 1.29 is 27.2 Å². The highest BCUT2D eigenvalue weighted by Gasteiger charge is 2.27. The number of carbonyl (C=O) groups is 2. The molecule has 1 heterocycles. The lowest BCUT2D eigenvalue weighted by Crippen LogP contribution is -2.40. The third-order valence-electron chi connectivity index (χ3n) is 4.32. The molecule has 28 heavy (non-hydrogen) atoms. The second-order valence-corrected chi connectivity index (χ2v) is 6.39. The van der Waals surface area contributed by atoms with E-state index in [1.54, 1.807) is 0 Å². The molecule has 0 N–H and O–H groups in total. The summed E-state index contributed by atoms with van der Waals surface area (Å²) in [5.41, 5.74) is 0.919. The summed E-state index contributed by atoms with van der Waals surface area (Å²) in [6, 6.07) is 6.39. The maximum atomic E-state index is 13.4. The first-order valence-corrected chi connectivity index (χ1v) is 8.36. The summed E-state index contributed by atoms with van der Waals surface area (Å²) >= 11 is 0. The molecule has 144 valence electrons. The number of hydrogen-bond acceptors (Lipinski definition) is 2. The van der Waals surface area contributed by atoms with Crippen molar-refractivity contribution in [2.24, 2.45) is 0 Å². The Kier molecular flexibility index (Phi) is 5.44. The number of ketones is 1. The number of halogens is 4. The maximum absolute atomic E-state index is 13.4. The van der Waals surface area contributed by atoms with Gasteiger partial charge in [0.1, 0.15) is 0 Å². The Morgan fingerprint density at radius 2 is 1.25 bits per heavy atom. The van der Waals surface area contributed by atoms with Crippen LogP contribution in [-0.2, 0) is 9.59 Å². The van der Waals surface area contributed by atoms with Gasteiger partial charge in [-0.15, -0.1) is 0 Å². The Balaban J connectivity index is 2.01. The predicted molar refractivity (Wildman–Crippen MR) is 95.9 cm³/mol. The highest BCUT2D eigenvalue weighted by molar-refractivity contribution is 6.15.